The van der Waals surface area contributed by atoms with Gasteiger partial charge in [0.2, 0.25) is 0 Å². The second-order valence-electron chi connectivity index (χ2n) is 2.19. The number of ether oxygens (including phenoxy) is 1. The van der Waals surface area contributed by atoms with Gasteiger partial charge in [-0.3, -0.25) is 0 Å². The Kier molecular flexibility index (Phi) is 8.77. The molecule has 0 unspecified atom stereocenters. The molecule has 62 valence electrons. The maximum absolute atomic E-state index is 8.32. The molecule has 0 heterocycles. The molecule has 0 aromatic carbocycles. The first-order chi connectivity index (χ1) is 4.91. The Balaban J connectivity index is 2.65. The molecule has 0 aliphatic carbocycles. The summed E-state index contributed by atoms with van der Waals surface area (Å²) in [7, 11) is 0. The maximum atomic E-state index is 8.32. The van der Waals surface area contributed by atoms with Gasteiger partial charge in [0.05, 0.1) is 13.2 Å². The van der Waals surface area contributed by atoms with Crippen molar-refractivity contribution in [2.75, 3.05) is 26.4 Å². The minimum atomic E-state index is 0.122. The van der Waals surface area contributed by atoms with Crippen LogP contribution >= 0.6 is 0 Å². The van der Waals surface area contributed by atoms with Gasteiger partial charge in [-0.2, -0.15) is 0 Å². The summed E-state index contributed by atoms with van der Waals surface area (Å²) < 4.78 is 5.04. The Bertz CT molecular complexity index is 51.6. The van der Waals surface area contributed by atoms with E-state index in [-0.39, 0.29) is 6.61 Å². The summed E-state index contributed by atoms with van der Waals surface area (Å²) in [4.78, 5) is 0. The van der Waals surface area contributed by atoms with Crippen LogP contribution in [-0.4, -0.2) is 31.5 Å². The predicted octanol–water partition coefficient (Wildman–Crippen LogP) is 0.124. The van der Waals surface area contributed by atoms with E-state index in [1.54, 1.807) is 0 Å². The molecular formula is C7H17NO2. The molecule has 0 saturated carbocycles. The van der Waals surface area contributed by atoms with Gasteiger partial charge in [0, 0.05) is 6.61 Å². The third-order valence-electron chi connectivity index (χ3n) is 1.23. The first kappa shape index (κ1) is 9.88. The molecule has 0 spiro atoms. The molecule has 0 radical (unpaired) electrons. The molecule has 3 heteroatoms. The lowest BCUT2D eigenvalue weighted by Crippen LogP contribution is -2.02. The lowest BCUT2D eigenvalue weighted by molar-refractivity contribution is 0.0897. The van der Waals surface area contributed by atoms with Gasteiger partial charge in [0.25, 0.3) is 0 Å². The Morgan fingerprint density at radius 1 is 1.10 bits per heavy atom. The Morgan fingerprint density at radius 3 is 2.50 bits per heavy atom. The van der Waals surface area contributed by atoms with Crippen LogP contribution < -0.4 is 5.73 Å². The van der Waals surface area contributed by atoms with Crippen LogP contribution in [0.3, 0.4) is 0 Å². The van der Waals surface area contributed by atoms with E-state index >= 15 is 0 Å². The molecule has 10 heavy (non-hydrogen) atoms. The first-order valence-electron chi connectivity index (χ1n) is 3.80. The summed E-state index contributed by atoms with van der Waals surface area (Å²) in [5, 5.41) is 8.32. The van der Waals surface area contributed by atoms with E-state index < -0.39 is 0 Å². The van der Waals surface area contributed by atoms with Crippen molar-refractivity contribution < 1.29 is 9.84 Å². The van der Waals surface area contributed by atoms with Crippen molar-refractivity contribution in [2.24, 2.45) is 5.73 Å². The molecular weight excluding hydrogens is 130 g/mol. The lowest BCUT2D eigenvalue weighted by Gasteiger charge is -2.00. The number of aliphatic hydroxyl groups excluding tert-OH is 1. The van der Waals surface area contributed by atoms with Crippen molar-refractivity contribution in [3.05, 3.63) is 0 Å². The molecule has 0 aliphatic rings. The zero-order valence-corrected chi connectivity index (χ0v) is 6.38. The standard InChI is InChI=1S/C7H17NO2/c8-4-2-1-3-6-10-7-5-9/h9H,1-8H2. The largest absolute Gasteiger partial charge is 0.394 e. The Labute approximate surface area is 62.2 Å². The molecule has 3 nitrogen and oxygen atoms in total. The van der Waals surface area contributed by atoms with Crippen molar-refractivity contribution in [1.29, 1.82) is 0 Å². The van der Waals surface area contributed by atoms with Crippen LogP contribution in [0.4, 0.5) is 0 Å². The van der Waals surface area contributed by atoms with Crippen molar-refractivity contribution in [3.63, 3.8) is 0 Å². The lowest BCUT2D eigenvalue weighted by atomic mass is 10.2. The van der Waals surface area contributed by atoms with Crippen molar-refractivity contribution in [2.45, 2.75) is 19.3 Å². The fraction of sp³-hybridized carbons (Fsp3) is 1.00. The minimum absolute atomic E-state index is 0.122. The normalized spacial score (nSPS) is 10.2. The molecule has 0 rings (SSSR count). The molecule has 0 aromatic heterocycles. The number of rotatable bonds is 7. The number of nitrogens with two attached hydrogens (primary N) is 1. The molecule has 0 saturated heterocycles. The van der Waals surface area contributed by atoms with Crippen LogP contribution in [0.1, 0.15) is 19.3 Å². The summed E-state index contributed by atoms with van der Waals surface area (Å²) >= 11 is 0. The van der Waals surface area contributed by atoms with Crippen LogP contribution in [0.5, 0.6) is 0 Å². The Morgan fingerprint density at radius 2 is 1.90 bits per heavy atom. The molecule has 0 fully saturated rings. The van der Waals surface area contributed by atoms with Crippen LogP contribution in [0, 0.1) is 0 Å². The maximum Gasteiger partial charge on any atom is 0.0697 e. The number of unbranched alkanes of at least 4 members (excludes halogenated alkanes) is 2. The van der Waals surface area contributed by atoms with Crippen LogP contribution in [-0.2, 0) is 4.74 Å². The van der Waals surface area contributed by atoms with Gasteiger partial charge in [-0.1, -0.05) is 0 Å². The minimum Gasteiger partial charge on any atom is -0.394 e. The second kappa shape index (κ2) is 8.88. The highest BCUT2D eigenvalue weighted by Crippen LogP contribution is 1.92. The van der Waals surface area contributed by atoms with E-state index in [1.165, 1.54) is 0 Å². The number of hydrogen-bond acceptors (Lipinski definition) is 3. The number of aliphatic hydroxyl groups is 1. The highest BCUT2D eigenvalue weighted by atomic mass is 16.5. The molecule has 0 amide bonds. The van der Waals surface area contributed by atoms with E-state index in [0.717, 1.165) is 32.4 Å². The van der Waals surface area contributed by atoms with Gasteiger partial charge in [-0.05, 0) is 25.8 Å². The topological polar surface area (TPSA) is 55.5 Å². The quantitative estimate of drug-likeness (QED) is 0.503. The van der Waals surface area contributed by atoms with Crippen LogP contribution in [0.2, 0.25) is 0 Å². The van der Waals surface area contributed by atoms with Crippen molar-refractivity contribution in [1.82, 2.24) is 0 Å². The van der Waals surface area contributed by atoms with Gasteiger partial charge in [0.15, 0.2) is 0 Å². The molecule has 0 aromatic rings. The van der Waals surface area contributed by atoms with E-state index in [4.69, 9.17) is 15.6 Å². The first-order valence-corrected chi connectivity index (χ1v) is 3.80. The summed E-state index contributed by atoms with van der Waals surface area (Å²) in [6.45, 7) is 2.10. The molecule has 0 aliphatic heterocycles. The third-order valence-corrected chi connectivity index (χ3v) is 1.23. The zero-order valence-electron chi connectivity index (χ0n) is 6.38. The fourth-order valence-electron chi connectivity index (χ4n) is 0.692. The van der Waals surface area contributed by atoms with Gasteiger partial charge < -0.3 is 15.6 Å². The second-order valence-corrected chi connectivity index (χ2v) is 2.19. The highest BCUT2D eigenvalue weighted by molar-refractivity contribution is 4.40. The smallest absolute Gasteiger partial charge is 0.0697 e. The van der Waals surface area contributed by atoms with Gasteiger partial charge in [-0.25, -0.2) is 0 Å². The summed E-state index contributed by atoms with van der Waals surface area (Å²) in [6, 6.07) is 0. The average molecular weight is 147 g/mol. The van der Waals surface area contributed by atoms with Crippen molar-refractivity contribution >= 4 is 0 Å². The third kappa shape index (κ3) is 7.88. The molecule has 0 bridgehead atoms. The van der Waals surface area contributed by atoms with Crippen molar-refractivity contribution in [3.8, 4) is 0 Å². The zero-order chi connectivity index (χ0) is 7.66. The number of hydrogen-bond donors (Lipinski definition) is 2. The molecule has 3 N–H and O–H groups in total. The monoisotopic (exact) mass is 147 g/mol. The van der Waals surface area contributed by atoms with E-state index in [1.807, 2.05) is 0 Å². The van der Waals surface area contributed by atoms with Gasteiger partial charge in [-0.15, -0.1) is 0 Å². The summed E-state index contributed by atoms with van der Waals surface area (Å²) in [6.07, 6.45) is 3.25. The summed E-state index contributed by atoms with van der Waals surface area (Å²) in [5.41, 5.74) is 5.29. The van der Waals surface area contributed by atoms with Gasteiger partial charge in [0.1, 0.15) is 0 Å². The van der Waals surface area contributed by atoms with Crippen LogP contribution in [0.15, 0.2) is 0 Å². The predicted molar refractivity (Wildman–Crippen MR) is 40.8 cm³/mol. The highest BCUT2D eigenvalue weighted by Gasteiger charge is 1.87. The van der Waals surface area contributed by atoms with Gasteiger partial charge >= 0.3 is 0 Å². The molecule has 0 atom stereocenters. The Hall–Kier alpha value is -0.120. The van der Waals surface area contributed by atoms with E-state index in [0.29, 0.717) is 6.61 Å². The van der Waals surface area contributed by atoms with E-state index in [9.17, 15) is 0 Å². The summed E-state index contributed by atoms with van der Waals surface area (Å²) in [5.74, 6) is 0. The fourth-order valence-corrected chi connectivity index (χ4v) is 0.692. The average Bonchev–Trinajstić information content (AvgIpc) is 1.97. The van der Waals surface area contributed by atoms with Crippen LogP contribution in [0.25, 0.3) is 0 Å². The SMILES string of the molecule is NCCCCCOCCO. The van der Waals surface area contributed by atoms with E-state index in [2.05, 4.69) is 0 Å².